The Morgan fingerprint density at radius 2 is 1.67 bits per heavy atom. The van der Waals surface area contributed by atoms with Gasteiger partial charge in [0.1, 0.15) is 19.0 Å². The maximum atomic E-state index is 12.4. The number of hydrogen-bond donors (Lipinski definition) is 1. The summed E-state index contributed by atoms with van der Waals surface area (Å²) in [5.74, 6) is -0.460. The molecule has 0 saturated heterocycles. The highest BCUT2D eigenvalue weighted by atomic mass is 16.6. The van der Waals surface area contributed by atoms with E-state index in [-0.39, 0.29) is 30.7 Å². The maximum Gasteiger partial charge on any atom is 0.343 e. The summed E-state index contributed by atoms with van der Waals surface area (Å²) in [4.78, 5) is 24.0. The molecule has 2 N–H and O–H groups in total. The first-order valence-corrected chi connectivity index (χ1v) is 10.9. The molecule has 2 rings (SSSR count). The monoisotopic (exact) mass is 449 g/mol. The molecule has 0 saturated carbocycles. The van der Waals surface area contributed by atoms with Gasteiger partial charge in [-0.05, 0) is 47.4 Å². The van der Waals surface area contributed by atoms with Crippen molar-refractivity contribution in [3.8, 4) is 16.9 Å². The molecule has 1 unspecified atom stereocenters. The van der Waals surface area contributed by atoms with E-state index in [2.05, 4.69) is 6.58 Å². The highest BCUT2D eigenvalue weighted by Crippen LogP contribution is 2.23. The van der Waals surface area contributed by atoms with Crippen LogP contribution in [0, 0.1) is 5.92 Å². The lowest BCUT2D eigenvalue weighted by Crippen LogP contribution is -2.16. The molecule has 6 nitrogen and oxygen atoms in total. The van der Waals surface area contributed by atoms with Crippen LogP contribution in [0.5, 0.6) is 5.75 Å². The lowest BCUT2D eigenvalue weighted by atomic mass is 10.0. The maximum absolute atomic E-state index is 12.4. The van der Waals surface area contributed by atoms with Gasteiger partial charge in [-0.3, -0.25) is 4.79 Å². The van der Waals surface area contributed by atoms with Gasteiger partial charge in [0.05, 0.1) is 17.8 Å². The summed E-state index contributed by atoms with van der Waals surface area (Å²) in [5, 5.41) is 0. The summed E-state index contributed by atoms with van der Waals surface area (Å²) in [6.45, 7) is 8.30. The van der Waals surface area contributed by atoms with E-state index in [0.29, 0.717) is 12.3 Å². The quantitative estimate of drug-likeness (QED) is 0.123. The second-order valence-electron chi connectivity index (χ2n) is 7.32. The molecule has 1 atom stereocenters. The smallest absolute Gasteiger partial charge is 0.343 e. The molecule has 0 aliphatic carbocycles. The van der Waals surface area contributed by atoms with Crippen LogP contribution in [0.3, 0.4) is 0 Å². The van der Waals surface area contributed by atoms with E-state index in [4.69, 9.17) is 19.9 Å². The lowest BCUT2D eigenvalue weighted by molar-refractivity contribution is -0.149. The molecular weight excluding hydrogens is 418 g/mol. The van der Waals surface area contributed by atoms with Crippen LogP contribution >= 0.6 is 0 Å². The molecule has 0 heterocycles. The van der Waals surface area contributed by atoms with Gasteiger partial charge < -0.3 is 19.9 Å². The fraction of sp³-hybridized carbons (Fsp3) is 0.259. The van der Waals surface area contributed by atoms with Crippen molar-refractivity contribution in [3.63, 3.8) is 0 Å². The number of ether oxygens (including phenoxy) is 3. The van der Waals surface area contributed by atoms with Crippen LogP contribution in [-0.4, -0.2) is 25.2 Å². The SMILES string of the molecule is C=C/C(=C\C=C\OCCOC(=O)C(C)CC)C(=O)Oc1ccc(-c2ccc(CN)cc2)cc1. The lowest BCUT2D eigenvalue weighted by Gasteiger charge is -2.08. The molecule has 0 aromatic heterocycles. The Kier molecular flexibility index (Phi) is 10.6. The zero-order chi connectivity index (χ0) is 24.1. The summed E-state index contributed by atoms with van der Waals surface area (Å²) < 4.78 is 15.8. The summed E-state index contributed by atoms with van der Waals surface area (Å²) >= 11 is 0. The second kappa shape index (κ2) is 13.7. The molecule has 2 aromatic rings. The fourth-order valence-corrected chi connectivity index (χ4v) is 2.70. The third-order valence-electron chi connectivity index (χ3n) is 4.95. The van der Waals surface area contributed by atoms with Crippen LogP contribution < -0.4 is 10.5 Å². The van der Waals surface area contributed by atoms with E-state index in [1.54, 1.807) is 18.2 Å². The topological polar surface area (TPSA) is 87.8 Å². The number of esters is 2. The van der Waals surface area contributed by atoms with E-state index in [1.807, 2.05) is 50.2 Å². The highest BCUT2D eigenvalue weighted by molar-refractivity contribution is 5.93. The number of rotatable bonds is 12. The number of nitrogens with two attached hydrogens (primary N) is 1. The van der Waals surface area contributed by atoms with E-state index in [9.17, 15) is 9.59 Å². The van der Waals surface area contributed by atoms with Crippen LogP contribution in [0.2, 0.25) is 0 Å². The van der Waals surface area contributed by atoms with E-state index < -0.39 is 5.97 Å². The van der Waals surface area contributed by atoms with Crippen molar-refractivity contribution in [1.82, 2.24) is 0 Å². The van der Waals surface area contributed by atoms with E-state index in [0.717, 1.165) is 23.1 Å². The first-order valence-electron chi connectivity index (χ1n) is 10.9. The number of benzene rings is 2. The summed E-state index contributed by atoms with van der Waals surface area (Å²) in [5.41, 5.74) is 9.04. The Bertz CT molecular complexity index is 975. The molecule has 0 fully saturated rings. The van der Waals surface area contributed by atoms with Gasteiger partial charge >= 0.3 is 11.9 Å². The Labute approximate surface area is 195 Å². The molecule has 0 spiro atoms. The van der Waals surface area contributed by atoms with Gasteiger partial charge in [0.2, 0.25) is 0 Å². The number of allylic oxidation sites excluding steroid dienone is 2. The molecular formula is C27H31NO5. The molecule has 6 heteroatoms. The molecule has 33 heavy (non-hydrogen) atoms. The van der Waals surface area contributed by atoms with Crippen molar-refractivity contribution in [2.45, 2.75) is 26.8 Å². The summed E-state index contributed by atoms with van der Waals surface area (Å²) in [7, 11) is 0. The average Bonchev–Trinajstić information content (AvgIpc) is 2.85. The van der Waals surface area contributed by atoms with Crippen LogP contribution in [0.4, 0.5) is 0 Å². The number of carbonyl (C=O) groups excluding carboxylic acids is 2. The molecule has 0 radical (unpaired) electrons. The first kappa shape index (κ1) is 25.6. The summed E-state index contributed by atoms with van der Waals surface area (Å²) in [6.07, 6.45) is 6.65. The summed E-state index contributed by atoms with van der Waals surface area (Å²) in [6, 6.07) is 15.2. The molecule has 0 bridgehead atoms. The van der Waals surface area contributed by atoms with Crippen molar-refractivity contribution < 1.29 is 23.8 Å². The largest absolute Gasteiger partial charge is 0.498 e. The van der Waals surface area contributed by atoms with Crippen LogP contribution in [0.15, 0.2) is 85.2 Å². The minimum absolute atomic E-state index is 0.122. The first-order chi connectivity index (χ1) is 16.0. The second-order valence-corrected chi connectivity index (χ2v) is 7.32. The van der Waals surface area contributed by atoms with Gasteiger partial charge in [0.25, 0.3) is 0 Å². The van der Waals surface area contributed by atoms with Gasteiger partial charge in [-0.1, -0.05) is 62.9 Å². The molecule has 0 aliphatic rings. The van der Waals surface area contributed by atoms with Crippen LogP contribution in [0.25, 0.3) is 11.1 Å². The predicted octanol–water partition coefficient (Wildman–Crippen LogP) is 4.95. The van der Waals surface area contributed by atoms with E-state index in [1.165, 1.54) is 18.4 Å². The van der Waals surface area contributed by atoms with Crippen molar-refractivity contribution >= 4 is 11.9 Å². The van der Waals surface area contributed by atoms with Gasteiger partial charge in [-0.15, -0.1) is 0 Å². The van der Waals surface area contributed by atoms with E-state index >= 15 is 0 Å². The number of carbonyl (C=O) groups is 2. The Balaban J connectivity index is 1.84. The molecule has 2 aromatic carbocycles. The molecule has 174 valence electrons. The van der Waals surface area contributed by atoms with Gasteiger partial charge in [0, 0.05) is 6.54 Å². The Hall–Kier alpha value is -3.64. The van der Waals surface area contributed by atoms with Crippen LogP contribution in [-0.2, 0) is 25.6 Å². The third-order valence-corrected chi connectivity index (χ3v) is 4.95. The molecule has 0 amide bonds. The predicted molar refractivity (Wildman–Crippen MR) is 129 cm³/mol. The highest BCUT2D eigenvalue weighted by Gasteiger charge is 2.11. The van der Waals surface area contributed by atoms with Crippen molar-refractivity contribution in [3.05, 3.63) is 90.7 Å². The Morgan fingerprint density at radius 3 is 2.24 bits per heavy atom. The number of hydrogen-bond acceptors (Lipinski definition) is 6. The zero-order valence-corrected chi connectivity index (χ0v) is 19.2. The third kappa shape index (κ3) is 8.43. The minimum atomic E-state index is -0.530. The zero-order valence-electron chi connectivity index (χ0n) is 19.2. The fourth-order valence-electron chi connectivity index (χ4n) is 2.70. The average molecular weight is 450 g/mol. The van der Waals surface area contributed by atoms with Crippen molar-refractivity contribution in [2.24, 2.45) is 11.7 Å². The van der Waals surface area contributed by atoms with Crippen molar-refractivity contribution in [1.29, 1.82) is 0 Å². The van der Waals surface area contributed by atoms with Gasteiger partial charge in [-0.25, -0.2) is 4.79 Å². The Morgan fingerprint density at radius 1 is 1.03 bits per heavy atom. The van der Waals surface area contributed by atoms with Crippen molar-refractivity contribution in [2.75, 3.05) is 13.2 Å². The van der Waals surface area contributed by atoms with Crippen LogP contribution in [0.1, 0.15) is 25.8 Å². The minimum Gasteiger partial charge on any atom is -0.498 e. The molecule has 0 aliphatic heterocycles. The van der Waals surface area contributed by atoms with Gasteiger partial charge in [0.15, 0.2) is 0 Å². The van der Waals surface area contributed by atoms with Gasteiger partial charge in [-0.2, -0.15) is 0 Å². The standard InChI is InChI=1S/C27H31NO5/c1-4-20(3)26(29)32-18-17-31-16-6-7-22(5-2)27(30)33-25-14-12-24(13-15-25)23-10-8-21(19-28)9-11-23/h5-16,20H,2,4,17-19,28H2,1,3H3/b16-6+,22-7+. The normalized spacial score (nSPS) is 12.3.